The first-order chi connectivity index (χ1) is 4.72. The van der Waals surface area contributed by atoms with Crippen molar-refractivity contribution in [3.05, 3.63) is 0 Å². The summed E-state index contributed by atoms with van der Waals surface area (Å²) in [5.41, 5.74) is 0. The molecule has 0 fully saturated rings. The summed E-state index contributed by atoms with van der Waals surface area (Å²) in [6.07, 6.45) is 5.99. The molecule has 0 aliphatic carbocycles. The quantitative estimate of drug-likeness (QED) is 0.505. The van der Waals surface area contributed by atoms with E-state index >= 15 is 0 Å². The van der Waals surface area contributed by atoms with Gasteiger partial charge in [0, 0.05) is 17.9 Å². The SMILES string of the molecule is C#CC[C@H](OCC)[C@H](C)Br. The van der Waals surface area contributed by atoms with Crippen LogP contribution in [0, 0.1) is 12.3 Å². The highest BCUT2D eigenvalue weighted by molar-refractivity contribution is 9.09. The molecule has 10 heavy (non-hydrogen) atoms. The molecule has 58 valence electrons. The summed E-state index contributed by atoms with van der Waals surface area (Å²) >= 11 is 3.42. The van der Waals surface area contributed by atoms with Crippen LogP contribution in [0.1, 0.15) is 20.3 Å². The van der Waals surface area contributed by atoms with Crippen molar-refractivity contribution in [2.75, 3.05) is 6.61 Å². The molecule has 0 radical (unpaired) electrons. The van der Waals surface area contributed by atoms with E-state index in [9.17, 15) is 0 Å². The molecule has 0 amide bonds. The van der Waals surface area contributed by atoms with Crippen molar-refractivity contribution in [3.8, 4) is 12.3 Å². The Morgan fingerprint density at radius 3 is 2.60 bits per heavy atom. The number of halogens is 1. The zero-order chi connectivity index (χ0) is 7.98. The predicted molar refractivity (Wildman–Crippen MR) is 47.3 cm³/mol. The Bertz CT molecular complexity index is 115. The fraction of sp³-hybridized carbons (Fsp3) is 0.750. The van der Waals surface area contributed by atoms with Gasteiger partial charge in [0.1, 0.15) is 0 Å². The number of alkyl halides is 1. The Kier molecular flexibility index (Phi) is 5.76. The standard InChI is InChI=1S/C8H13BrO/c1-4-6-8(7(3)9)10-5-2/h1,7-8H,5-6H2,2-3H3/t7-,8-/m0/s1. The van der Waals surface area contributed by atoms with E-state index in [-0.39, 0.29) is 6.10 Å². The van der Waals surface area contributed by atoms with Crippen LogP contribution in [0.4, 0.5) is 0 Å². The Hall–Kier alpha value is 0. The lowest BCUT2D eigenvalue weighted by Crippen LogP contribution is -2.21. The van der Waals surface area contributed by atoms with E-state index in [1.807, 2.05) is 13.8 Å². The van der Waals surface area contributed by atoms with E-state index in [0.717, 1.165) is 6.61 Å². The van der Waals surface area contributed by atoms with E-state index in [2.05, 4.69) is 21.9 Å². The average molecular weight is 205 g/mol. The summed E-state index contributed by atoms with van der Waals surface area (Å²) in [6, 6.07) is 0. The average Bonchev–Trinajstić information content (AvgIpc) is 1.87. The summed E-state index contributed by atoms with van der Waals surface area (Å²) in [5.74, 6) is 2.58. The van der Waals surface area contributed by atoms with Crippen LogP contribution < -0.4 is 0 Å². The van der Waals surface area contributed by atoms with Crippen LogP contribution in [-0.2, 0) is 4.74 Å². The summed E-state index contributed by atoms with van der Waals surface area (Å²) in [7, 11) is 0. The Morgan fingerprint density at radius 2 is 2.30 bits per heavy atom. The molecule has 0 heterocycles. The smallest absolute Gasteiger partial charge is 0.0806 e. The van der Waals surface area contributed by atoms with Gasteiger partial charge in [-0.15, -0.1) is 12.3 Å². The highest BCUT2D eigenvalue weighted by Gasteiger charge is 2.12. The van der Waals surface area contributed by atoms with Crippen LogP contribution in [0.3, 0.4) is 0 Å². The minimum atomic E-state index is 0.162. The lowest BCUT2D eigenvalue weighted by molar-refractivity contribution is 0.0692. The van der Waals surface area contributed by atoms with Crippen molar-refractivity contribution in [1.82, 2.24) is 0 Å². The molecule has 0 aromatic rings. The van der Waals surface area contributed by atoms with Gasteiger partial charge in [-0.05, 0) is 6.92 Å². The maximum atomic E-state index is 5.35. The van der Waals surface area contributed by atoms with Crippen molar-refractivity contribution >= 4 is 15.9 Å². The molecule has 0 saturated carbocycles. The van der Waals surface area contributed by atoms with Gasteiger partial charge >= 0.3 is 0 Å². The fourth-order valence-electron chi connectivity index (χ4n) is 0.684. The van der Waals surface area contributed by atoms with Gasteiger partial charge in [0.25, 0.3) is 0 Å². The van der Waals surface area contributed by atoms with Crippen molar-refractivity contribution in [3.63, 3.8) is 0 Å². The number of ether oxygens (including phenoxy) is 1. The largest absolute Gasteiger partial charge is 0.376 e. The molecule has 0 spiro atoms. The highest BCUT2D eigenvalue weighted by Crippen LogP contribution is 2.11. The fourth-order valence-corrected chi connectivity index (χ4v) is 1.02. The molecule has 0 N–H and O–H groups in total. The summed E-state index contributed by atoms with van der Waals surface area (Å²) < 4.78 is 5.35. The molecule has 0 aromatic carbocycles. The Balaban J connectivity index is 3.63. The molecule has 0 aliphatic rings. The van der Waals surface area contributed by atoms with E-state index in [1.165, 1.54) is 0 Å². The number of terminal acetylenes is 1. The second-order valence-corrected chi connectivity index (χ2v) is 3.52. The normalized spacial score (nSPS) is 15.8. The van der Waals surface area contributed by atoms with Crippen LogP contribution in [0.25, 0.3) is 0 Å². The molecule has 2 heteroatoms. The van der Waals surface area contributed by atoms with E-state index < -0.39 is 0 Å². The third kappa shape index (κ3) is 3.92. The van der Waals surface area contributed by atoms with Gasteiger partial charge in [-0.3, -0.25) is 0 Å². The molecule has 1 nitrogen and oxygen atoms in total. The van der Waals surface area contributed by atoms with Gasteiger partial charge in [0.2, 0.25) is 0 Å². The highest BCUT2D eigenvalue weighted by atomic mass is 79.9. The summed E-state index contributed by atoms with van der Waals surface area (Å²) in [5, 5.41) is 0. The number of hydrogen-bond acceptors (Lipinski definition) is 1. The predicted octanol–water partition coefficient (Wildman–Crippen LogP) is 2.20. The molecule has 0 aliphatic heterocycles. The van der Waals surface area contributed by atoms with Crippen molar-refractivity contribution in [2.45, 2.75) is 31.2 Å². The molecular weight excluding hydrogens is 192 g/mol. The van der Waals surface area contributed by atoms with Crippen molar-refractivity contribution in [2.24, 2.45) is 0 Å². The van der Waals surface area contributed by atoms with Gasteiger partial charge in [0.15, 0.2) is 0 Å². The maximum Gasteiger partial charge on any atom is 0.0806 e. The maximum absolute atomic E-state index is 5.35. The third-order valence-corrected chi connectivity index (χ3v) is 1.80. The first kappa shape index (κ1) is 10.0. The van der Waals surface area contributed by atoms with Crippen molar-refractivity contribution < 1.29 is 4.74 Å². The lowest BCUT2D eigenvalue weighted by Gasteiger charge is -2.16. The summed E-state index contributed by atoms with van der Waals surface area (Å²) in [6.45, 7) is 4.73. The van der Waals surface area contributed by atoms with Gasteiger partial charge in [-0.2, -0.15) is 0 Å². The van der Waals surface area contributed by atoms with Gasteiger partial charge < -0.3 is 4.74 Å². The minimum Gasteiger partial charge on any atom is -0.376 e. The van der Waals surface area contributed by atoms with Crippen LogP contribution in [0.5, 0.6) is 0 Å². The minimum absolute atomic E-state index is 0.162. The van der Waals surface area contributed by atoms with E-state index in [1.54, 1.807) is 0 Å². The zero-order valence-electron chi connectivity index (χ0n) is 6.43. The first-order valence-electron chi connectivity index (χ1n) is 3.41. The summed E-state index contributed by atoms with van der Waals surface area (Å²) in [4.78, 5) is 0.337. The van der Waals surface area contributed by atoms with Crippen molar-refractivity contribution in [1.29, 1.82) is 0 Å². The molecule has 2 atom stereocenters. The second-order valence-electron chi connectivity index (χ2n) is 2.08. The monoisotopic (exact) mass is 204 g/mol. The van der Waals surface area contributed by atoms with E-state index in [4.69, 9.17) is 11.2 Å². The zero-order valence-corrected chi connectivity index (χ0v) is 8.02. The first-order valence-corrected chi connectivity index (χ1v) is 4.33. The number of rotatable bonds is 4. The topological polar surface area (TPSA) is 9.23 Å². The Labute approximate surface area is 71.3 Å². The van der Waals surface area contributed by atoms with Gasteiger partial charge in [-0.25, -0.2) is 0 Å². The van der Waals surface area contributed by atoms with Crippen LogP contribution in [0.2, 0.25) is 0 Å². The van der Waals surface area contributed by atoms with Gasteiger partial charge in [-0.1, -0.05) is 22.9 Å². The number of hydrogen-bond donors (Lipinski definition) is 0. The van der Waals surface area contributed by atoms with Gasteiger partial charge in [0.05, 0.1) is 6.10 Å². The molecule has 0 rings (SSSR count). The van der Waals surface area contributed by atoms with Crippen LogP contribution >= 0.6 is 15.9 Å². The van der Waals surface area contributed by atoms with Crippen LogP contribution in [0.15, 0.2) is 0 Å². The van der Waals surface area contributed by atoms with Crippen LogP contribution in [-0.4, -0.2) is 17.5 Å². The molecule has 0 unspecified atom stereocenters. The molecule has 0 saturated heterocycles. The lowest BCUT2D eigenvalue weighted by atomic mass is 10.2. The molecule has 0 aromatic heterocycles. The third-order valence-electron chi connectivity index (χ3n) is 1.21. The second kappa shape index (κ2) is 5.76. The van der Waals surface area contributed by atoms with E-state index in [0.29, 0.717) is 11.2 Å². The Morgan fingerprint density at radius 1 is 1.70 bits per heavy atom. The molecule has 0 bridgehead atoms. The molecular formula is C8H13BrO.